The lowest BCUT2D eigenvalue weighted by molar-refractivity contribution is 0.484. The quantitative estimate of drug-likeness (QED) is 0.866. The van der Waals surface area contributed by atoms with E-state index in [9.17, 15) is 16.8 Å². The van der Waals surface area contributed by atoms with E-state index in [0.717, 1.165) is 4.31 Å². The van der Waals surface area contributed by atoms with Crippen LogP contribution >= 0.6 is 0 Å². The standard InChI is InChI=1S/C11H21N3O4S2/c1-11(2,3)12-19(15,16)9-7-8-14(6)10(9)20(17,18)13(4)5/h7-8,12H,1-6H3. The fraction of sp³-hybridized carbons (Fsp3) is 0.636. The average molecular weight is 323 g/mol. The summed E-state index contributed by atoms with van der Waals surface area (Å²) in [5, 5.41) is -0.251. The molecule has 1 heterocycles. The molecular weight excluding hydrogens is 302 g/mol. The van der Waals surface area contributed by atoms with E-state index < -0.39 is 25.6 Å². The van der Waals surface area contributed by atoms with Gasteiger partial charge in [0.05, 0.1) is 0 Å². The summed E-state index contributed by atoms with van der Waals surface area (Å²) >= 11 is 0. The van der Waals surface area contributed by atoms with Crippen LogP contribution in [0, 0.1) is 0 Å². The van der Waals surface area contributed by atoms with E-state index in [1.165, 1.54) is 38.0 Å². The summed E-state index contributed by atoms with van der Waals surface area (Å²) in [5.74, 6) is 0. The summed E-state index contributed by atoms with van der Waals surface area (Å²) in [5.41, 5.74) is -0.701. The predicted molar refractivity (Wildman–Crippen MR) is 76.4 cm³/mol. The van der Waals surface area contributed by atoms with Crippen molar-refractivity contribution >= 4 is 20.0 Å². The van der Waals surface area contributed by atoms with Gasteiger partial charge in [0.1, 0.15) is 4.90 Å². The van der Waals surface area contributed by atoms with E-state index in [2.05, 4.69) is 4.72 Å². The molecule has 0 aromatic carbocycles. The third-order valence-electron chi connectivity index (χ3n) is 2.44. The lowest BCUT2D eigenvalue weighted by Crippen LogP contribution is -2.41. The summed E-state index contributed by atoms with van der Waals surface area (Å²) in [4.78, 5) is -0.247. The summed E-state index contributed by atoms with van der Waals surface area (Å²) in [6.45, 7) is 5.06. The molecule has 0 aliphatic rings. The van der Waals surface area contributed by atoms with Gasteiger partial charge in [-0.25, -0.2) is 25.9 Å². The minimum atomic E-state index is -3.92. The molecule has 0 radical (unpaired) electrons. The Hall–Kier alpha value is -0.900. The Labute approximate surface area is 120 Å². The van der Waals surface area contributed by atoms with Gasteiger partial charge in [-0.2, -0.15) is 0 Å². The Morgan fingerprint density at radius 1 is 1.15 bits per heavy atom. The van der Waals surface area contributed by atoms with E-state index in [1.807, 2.05) is 0 Å². The van der Waals surface area contributed by atoms with Crippen molar-refractivity contribution in [3.05, 3.63) is 12.3 Å². The van der Waals surface area contributed by atoms with Crippen molar-refractivity contribution in [2.45, 2.75) is 36.2 Å². The lowest BCUT2D eigenvalue weighted by Gasteiger charge is -2.21. The fourth-order valence-corrected chi connectivity index (χ4v) is 4.90. The van der Waals surface area contributed by atoms with Gasteiger partial charge in [-0.3, -0.25) is 0 Å². The normalized spacial score (nSPS) is 13.9. The number of aromatic nitrogens is 1. The van der Waals surface area contributed by atoms with Gasteiger partial charge >= 0.3 is 0 Å². The van der Waals surface area contributed by atoms with Crippen LogP contribution < -0.4 is 4.72 Å². The minimum Gasteiger partial charge on any atom is -0.340 e. The molecule has 0 fully saturated rings. The third kappa shape index (κ3) is 3.40. The van der Waals surface area contributed by atoms with Crippen LogP contribution in [0.1, 0.15) is 20.8 Å². The zero-order valence-electron chi connectivity index (χ0n) is 12.5. The van der Waals surface area contributed by atoms with Gasteiger partial charge in [0.25, 0.3) is 10.0 Å². The molecule has 0 saturated heterocycles. The number of aryl methyl sites for hydroxylation is 1. The molecule has 1 aromatic rings. The highest BCUT2D eigenvalue weighted by atomic mass is 32.2. The molecule has 0 unspecified atom stereocenters. The molecule has 7 nitrogen and oxygen atoms in total. The Morgan fingerprint density at radius 3 is 2.05 bits per heavy atom. The highest BCUT2D eigenvalue weighted by Crippen LogP contribution is 2.24. The van der Waals surface area contributed by atoms with E-state index in [1.54, 1.807) is 20.8 Å². The number of sulfonamides is 2. The summed E-state index contributed by atoms with van der Waals surface area (Å²) in [6, 6.07) is 1.28. The molecule has 0 bridgehead atoms. The van der Waals surface area contributed by atoms with Gasteiger partial charge in [0.15, 0.2) is 5.03 Å². The molecule has 0 atom stereocenters. The zero-order valence-corrected chi connectivity index (χ0v) is 14.1. The molecule has 0 spiro atoms. The molecule has 116 valence electrons. The van der Waals surface area contributed by atoms with Crippen LogP contribution in [0.3, 0.4) is 0 Å². The maximum Gasteiger partial charge on any atom is 0.259 e. The largest absolute Gasteiger partial charge is 0.340 e. The predicted octanol–water partition coefficient (Wildman–Crippen LogP) is 0.352. The van der Waals surface area contributed by atoms with Crippen molar-refractivity contribution in [3.8, 4) is 0 Å². The van der Waals surface area contributed by atoms with Gasteiger partial charge < -0.3 is 4.57 Å². The van der Waals surface area contributed by atoms with E-state index in [4.69, 9.17) is 0 Å². The minimum absolute atomic E-state index is 0.247. The highest BCUT2D eigenvalue weighted by molar-refractivity contribution is 7.92. The van der Waals surface area contributed by atoms with E-state index >= 15 is 0 Å². The second-order valence-electron chi connectivity index (χ2n) is 5.74. The molecule has 1 aromatic heterocycles. The van der Waals surface area contributed by atoms with Crippen molar-refractivity contribution in [1.82, 2.24) is 13.6 Å². The Morgan fingerprint density at radius 2 is 1.65 bits per heavy atom. The van der Waals surface area contributed by atoms with Gasteiger partial charge in [-0.1, -0.05) is 0 Å². The number of nitrogens with one attached hydrogen (secondary N) is 1. The van der Waals surface area contributed by atoms with Crippen LogP contribution in [0.5, 0.6) is 0 Å². The molecule has 1 N–H and O–H groups in total. The molecule has 0 aliphatic heterocycles. The van der Waals surface area contributed by atoms with E-state index in [0.29, 0.717) is 0 Å². The van der Waals surface area contributed by atoms with Crippen molar-refractivity contribution in [3.63, 3.8) is 0 Å². The monoisotopic (exact) mass is 323 g/mol. The zero-order chi connectivity index (χ0) is 15.9. The molecule has 9 heteroatoms. The van der Waals surface area contributed by atoms with Crippen LogP contribution in [0.4, 0.5) is 0 Å². The maximum atomic E-state index is 12.3. The second-order valence-corrected chi connectivity index (χ2v) is 9.46. The fourth-order valence-electron chi connectivity index (χ4n) is 1.64. The Bertz CT molecular complexity index is 695. The second kappa shape index (κ2) is 5.14. The molecule has 0 aliphatic carbocycles. The average Bonchev–Trinajstić information content (AvgIpc) is 2.57. The third-order valence-corrected chi connectivity index (χ3v) is 6.31. The van der Waals surface area contributed by atoms with Crippen molar-refractivity contribution in [1.29, 1.82) is 0 Å². The molecule has 0 saturated carbocycles. The van der Waals surface area contributed by atoms with E-state index in [-0.39, 0.29) is 9.92 Å². The number of hydrogen-bond acceptors (Lipinski definition) is 4. The van der Waals surface area contributed by atoms with Crippen molar-refractivity contribution in [2.75, 3.05) is 14.1 Å². The lowest BCUT2D eigenvalue weighted by atomic mass is 10.1. The van der Waals surface area contributed by atoms with Gasteiger partial charge in [0.2, 0.25) is 10.0 Å². The summed E-state index contributed by atoms with van der Waals surface area (Å²) in [6.07, 6.45) is 1.41. The first-order chi connectivity index (χ1) is 8.79. The number of rotatable bonds is 4. The van der Waals surface area contributed by atoms with Crippen LogP contribution in [-0.4, -0.2) is 45.3 Å². The molecular formula is C11H21N3O4S2. The summed E-state index contributed by atoms with van der Waals surface area (Å²) in [7, 11) is -3.57. The number of hydrogen-bond donors (Lipinski definition) is 1. The van der Waals surface area contributed by atoms with Gasteiger partial charge in [-0.15, -0.1) is 0 Å². The van der Waals surface area contributed by atoms with Crippen LogP contribution in [0.15, 0.2) is 22.2 Å². The summed E-state index contributed by atoms with van der Waals surface area (Å²) < 4.78 is 53.9. The number of nitrogens with zero attached hydrogens (tertiary/aromatic N) is 2. The highest BCUT2D eigenvalue weighted by Gasteiger charge is 2.33. The van der Waals surface area contributed by atoms with Gasteiger partial charge in [0, 0.05) is 32.9 Å². The van der Waals surface area contributed by atoms with Crippen LogP contribution in [0.25, 0.3) is 0 Å². The first kappa shape index (κ1) is 17.2. The molecule has 1 rings (SSSR count). The topological polar surface area (TPSA) is 88.5 Å². The molecule has 20 heavy (non-hydrogen) atoms. The first-order valence-electron chi connectivity index (χ1n) is 5.91. The van der Waals surface area contributed by atoms with Crippen molar-refractivity contribution < 1.29 is 16.8 Å². The Kier molecular flexibility index (Phi) is 4.41. The maximum absolute atomic E-state index is 12.3. The van der Waals surface area contributed by atoms with Crippen LogP contribution in [0.2, 0.25) is 0 Å². The molecule has 0 amide bonds. The smallest absolute Gasteiger partial charge is 0.259 e. The first-order valence-corrected chi connectivity index (χ1v) is 8.83. The van der Waals surface area contributed by atoms with Crippen molar-refractivity contribution in [2.24, 2.45) is 7.05 Å². The van der Waals surface area contributed by atoms with Gasteiger partial charge in [-0.05, 0) is 26.8 Å². The Balaban J connectivity index is 3.52. The SMILES string of the molecule is CN(C)S(=O)(=O)c1c(S(=O)(=O)NC(C)(C)C)ccn1C. The van der Waals surface area contributed by atoms with Crippen LogP contribution in [-0.2, 0) is 27.1 Å².